The Bertz CT molecular complexity index is 672. The first-order valence-electron chi connectivity index (χ1n) is 5.08. The molecule has 2 aromatic heterocycles. The average molecular weight is 372 g/mol. The highest BCUT2D eigenvalue weighted by molar-refractivity contribution is 9.11. The van der Waals surface area contributed by atoms with Gasteiger partial charge in [0.1, 0.15) is 9.21 Å². The molecule has 0 saturated carbocycles. The molecule has 17 heavy (non-hydrogen) atoms. The summed E-state index contributed by atoms with van der Waals surface area (Å²) in [4.78, 5) is 0. The maximum Gasteiger partial charge on any atom is 0.129 e. The van der Waals surface area contributed by atoms with Gasteiger partial charge in [-0.15, -0.1) is 11.3 Å². The molecule has 86 valence electrons. The fourth-order valence-electron chi connectivity index (χ4n) is 1.79. The number of nitrogens with zero attached hydrogens (tertiary/aromatic N) is 2. The van der Waals surface area contributed by atoms with Gasteiger partial charge in [0.15, 0.2) is 0 Å². The van der Waals surface area contributed by atoms with E-state index >= 15 is 0 Å². The second-order valence-corrected chi connectivity index (χ2v) is 6.24. The first-order valence-corrected chi connectivity index (χ1v) is 7.54. The van der Waals surface area contributed by atoms with E-state index in [4.69, 9.17) is 0 Å². The van der Waals surface area contributed by atoms with Crippen LogP contribution in [0, 0.1) is 0 Å². The molecular weight excluding hydrogens is 364 g/mol. The van der Waals surface area contributed by atoms with Gasteiger partial charge in [-0.3, -0.25) is 4.68 Å². The lowest BCUT2D eigenvalue weighted by molar-refractivity contribution is 0.671. The predicted octanol–water partition coefficient (Wildman–Crippen LogP) is 4.67. The Labute approximate surface area is 120 Å². The van der Waals surface area contributed by atoms with Crippen LogP contribution in [0.25, 0.3) is 10.1 Å². The summed E-state index contributed by atoms with van der Waals surface area (Å²) in [6.45, 7) is 0.788. The Morgan fingerprint density at radius 2 is 2.06 bits per heavy atom. The largest absolute Gasteiger partial charge is 0.253 e. The van der Waals surface area contributed by atoms with Gasteiger partial charge in [-0.1, -0.05) is 18.2 Å². The number of thiophene rings is 1. The second kappa shape index (κ2) is 4.55. The summed E-state index contributed by atoms with van der Waals surface area (Å²) < 4.78 is 5.10. The molecule has 2 nitrogen and oxygen atoms in total. The van der Waals surface area contributed by atoms with Crippen molar-refractivity contribution in [3.8, 4) is 0 Å². The van der Waals surface area contributed by atoms with Gasteiger partial charge in [-0.05, 0) is 54.3 Å². The highest BCUT2D eigenvalue weighted by Crippen LogP contribution is 2.27. The van der Waals surface area contributed by atoms with Gasteiger partial charge >= 0.3 is 0 Å². The van der Waals surface area contributed by atoms with E-state index in [-0.39, 0.29) is 0 Å². The van der Waals surface area contributed by atoms with Crippen LogP contribution in [-0.4, -0.2) is 9.78 Å². The highest BCUT2D eigenvalue weighted by atomic mass is 79.9. The minimum Gasteiger partial charge on any atom is -0.253 e. The van der Waals surface area contributed by atoms with Gasteiger partial charge in [0.2, 0.25) is 0 Å². The van der Waals surface area contributed by atoms with Crippen molar-refractivity contribution in [3.05, 3.63) is 50.5 Å². The summed E-state index contributed by atoms with van der Waals surface area (Å²) in [6.07, 6.45) is 0. The van der Waals surface area contributed by atoms with Gasteiger partial charge in [0.05, 0.1) is 6.54 Å². The van der Waals surface area contributed by atoms with Crippen LogP contribution >= 0.6 is 43.2 Å². The van der Waals surface area contributed by atoms with Crippen LogP contribution in [0.15, 0.2) is 44.9 Å². The van der Waals surface area contributed by atoms with Crippen molar-refractivity contribution in [1.82, 2.24) is 9.78 Å². The standard InChI is InChI=1S/C12H8Br2N2S/c13-11-5-12(14)16(15-11)6-8-7-17-10-4-2-1-3-9(8)10/h1-5,7H,6H2. The molecule has 0 amide bonds. The van der Waals surface area contributed by atoms with E-state index in [1.807, 2.05) is 10.7 Å². The summed E-state index contributed by atoms with van der Waals surface area (Å²) in [5, 5.41) is 7.90. The molecule has 0 bridgehead atoms. The molecule has 0 aliphatic carbocycles. The number of rotatable bonds is 2. The molecule has 3 aromatic rings. The number of fused-ring (bicyclic) bond motifs is 1. The first kappa shape index (κ1) is 11.4. The molecule has 3 rings (SSSR count). The number of halogens is 2. The minimum absolute atomic E-state index is 0.788. The molecule has 0 unspecified atom stereocenters. The van der Waals surface area contributed by atoms with Crippen LogP contribution in [0.1, 0.15) is 5.56 Å². The molecule has 0 aliphatic rings. The van der Waals surface area contributed by atoms with Crippen molar-refractivity contribution in [2.24, 2.45) is 0 Å². The van der Waals surface area contributed by atoms with Crippen LogP contribution in [0.4, 0.5) is 0 Å². The highest BCUT2D eigenvalue weighted by Gasteiger charge is 2.07. The fraction of sp³-hybridized carbons (Fsp3) is 0.0833. The zero-order valence-electron chi connectivity index (χ0n) is 8.73. The lowest BCUT2D eigenvalue weighted by Crippen LogP contribution is -2.01. The predicted molar refractivity (Wildman–Crippen MR) is 78.6 cm³/mol. The number of benzene rings is 1. The van der Waals surface area contributed by atoms with E-state index in [1.165, 1.54) is 15.6 Å². The fourth-order valence-corrected chi connectivity index (χ4v) is 3.88. The van der Waals surface area contributed by atoms with Gasteiger partial charge in [-0.25, -0.2) is 0 Å². The number of aromatic nitrogens is 2. The first-order chi connectivity index (χ1) is 8.24. The van der Waals surface area contributed by atoms with Crippen molar-refractivity contribution in [3.63, 3.8) is 0 Å². The molecule has 1 aromatic carbocycles. The molecule has 0 spiro atoms. The number of hydrogen-bond acceptors (Lipinski definition) is 2. The van der Waals surface area contributed by atoms with E-state index in [1.54, 1.807) is 11.3 Å². The summed E-state index contributed by atoms with van der Waals surface area (Å²) in [5.74, 6) is 0. The van der Waals surface area contributed by atoms with Crippen molar-refractivity contribution < 1.29 is 0 Å². The van der Waals surface area contributed by atoms with E-state index in [0.29, 0.717) is 0 Å². The van der Waals surface area contributed by atoms with E-state index in [2.05, 4.69) is 66.6 Å². The zero-order valence-corrected chi connectivity index (χ0v) is 12.7. The number of hydrogen-bond donors (Lipinski definition) is 0. The topological polar surface area (TPSA) is 17.8 Å². The van der Waals surface area contributed by atoms with Crippen LogP contribution in [-0.2, 0) is 6.54 Å². The third-order valence-electron chi connectivity index (χ3n) is 2.58. The molecule has 0 saturated heterocycles. The van der Waals surface area contributed by atoms with Crippen LogP contribution in [0.2, 0.25) is 0 Å². The normalized spacial score (nSPS) is 11.2. The Morgan fingerprint density at radius 3 is 2.82 bits per heavy atom. The van der Waals surface area contributed by atoms with Crippen molar-refractivity contribution >= 4 is 53.3 Å². The Hall–Kier alpha value is -0.650. The second-order valence-electron chi connectivity index (χ2n) is 3.70. The molecule has 0 radical (unpaired) electrons. The third-order valence-corrected chi connectivity index (χ3v) is 4.62. The summed E-state index contributed by atoms with van der Waals surface area (Å²) in [5.41, 5.74) is 1.31. The minimum atomic E-state index is 0.788. The molecule has 0 fully saturated rings. The Morgan fingerprint density at radius 1 is 1.24 bits per heavy atom. The molecule has 0 N–H and O–H groups in total. The van der Waals surface area contributed by atoms with Crippen molar-refractivity contribution in [1.29, 1.82) is 0 Å². The van der Waals surface area contributed by atoms with E-state index in [0.717, 1.165) is 15.8 Å². The molecule has 5 heteroatoms. The molecule has 0 atom stereocenters. The van der Waals surface area contributed by atoms with Crippen molar-refractivity contribution in [2.75, 3.05) is 0 Å². The lowest BCUT2D eigenvalue weighted by atomic mass is 10.2. The quantitative estimate of drug-likeness (QED) is 0.639. The van der Waals surface area contributed by atoms with Crippen LogP contribution in [0.3, 0.4) is 0 Å². The van der Waals surface area contributed by atoms with Gasteiger partial charge in [-0.2, -0.15) is 5.10 Å². The molecule has 0 aliphatic heterocycles. The van der Waals surface area contributed by atoms with Gasteiger partial charge < -0.3 is 0 Å². The van der Waals surface area contributed by atoms with E-state index in [9.17, 15) is 0 Å². The Kier molecular flexibility index (Phi) is 3.06. The van der Waals surface area contributed by atoms with Crippen LogP contribution in [0.5, 0.6) is 0 Å². The monoisotopic (exact) mass is 370 g/mol. The molecule has 2 heterocycles. The van der Waals surface area contributed by atoms with Gasteiger partial charge in [0.25, 0.3) is 0 Å². The zero-order chi connectivity index (χ0) is 11.8. The Balaban J connectivity index is 2.03. The van der Waals surface area contributed by atoms with Crippen molar-refractivity contribution in [2.45, 2.75) is 6.54 Å². The lowest BCUT2D eigenvalue weighted by Gasteiger charge is -2.02. The maximum absolute atomic E-state index is 4.38. The summed E-state index contributed by atoms with van der Waals surface area (Å²) >= 11 is 8.66. The molecular formula is C12H8Br2N2S. The SMILES string of the molecule is Brc1cc(Br)n(Cc2csc3ccccc23)n1. The third kappa shape index (κ3) is 2.19. The average Bonchev–Trinajstić information content (AvgIpc) is 2.85. The maximum atomic E-state index is 4.38. The van der Waals surface area contributed by atoms with Gasteiger partial charge in [0, 0.05) is 10.8 Å². The van der Waals surface area contributed by atoms with E-state index < -0.39 is 0 Å². The smallest absolute Gasteiger partial charge is 0.129 e. The summed E-state index contributed by atoms with van der Waals surface area (Å²) in [6, 6.07) is 10.4. The van der Waals surface area contributed by atoms with Crippen LogP contribution < -0.4 is 0 Å². The summed E-state index contributed by atoms with van der Waals surface area (Å²) in [7, 11) is 0.